The summed E-state index contributed by atoms with van der Waals surface area (Å²) < 4.78 is 69.3. The summed E-state index contributed by atoms with van der Waals surface area (Å²) in [4.78, 5) is 73.6. The molecule has 17 nitrogen and oxygen atoms in total. The van der Waals surface area contributed by atoms with Crippen molar-refractivity contribution in [2.75, 3.05) is 39.6 Å². The van der Waals surface area contributed by atoms with E-state index in [4.69, 9.17) is 37.0 Å². The van der Waals surface area contributed by atoms with Gasteiger partial charge in [-0.2, -0.15) is 0 Å². The van der Waals surface area contributed by atoms with Crippen LogP contribution in [-0.2, 0) is 65.4 Å². The number of esters is 4. The lowest BCUT2D eigenvalue weighted by Gasteiger charge is -2.21. The summed E-state index contributed by atoms with van der Waals surface area (Å²) in [6.07, 6.45) is 89.2. The Morgan fingerprint density at radius 1 is 0.239 bits per heavy atom. The Balaban J connectivity index is 5.21. The monoisotopic (exact) mass is 1700 g/mol. The van der Waals surface area contributed by atoms with Gasteiger partial charge in [0.05, 0.1) is 26.4 Å². The third kappa shape index (κ3) is 90.1. The fourth-order valence-electron chi connectivity index (χ4n) is 15.6. The fraction of sp³-hybridized carbons (Fsp3) is 0.959. The normalized spacial score (nSPS) is 13.8. The molecule has 0 radical (unpaired) electrons. The highest BCUT2D eigenvalue weighted by molar-refractivity contribution is 7.47. The molecule has 0 amide bonds. The van der Waals surface area contributed by atoms with E-state index in [1.54, 1.807) is 0 Å². The number of aliphatic hydroxyl groups is 1. The van der Waals surface area contributed by atoms with Crippen LogP contribution in [0.4, 0.5) is 0 Å². The number of phosphoric ester groups is 2. The van der Waals surface area contributed by atoms with Crippen LogP contribution >= 0.6 is 15.6 Å². The standard InChI is InChI=1S/C98H192O17P2/c1-6-10-13-16-19-22-25-27-29-31-33-35-37-39-44-48-52-57-62-67-72-77-82-96(101)109-88-94(115-98(103)84-79-74-69-64-59-54-50-46-42-41-43-47-51-56-60-65-70-75-80-91(5)9-4)90-113-117(106,107)111-86-92(99)85-110-116(104,105)112-89-93(87-108-95(100)81-76-71-66-61-55-24-21-18-15-12-8-3)114-97(102)83-78-73-68-63-58-53-49-45-40-38-36-34-32-30-28-26-23-20-17-14-11-7-2/h91-94,99H,6-90H2,1-5H3,(H,104,105)(H,106,107)/t91?,92-,93+,94+/m0/s1. The van der Waals surface area contributed by atoms with Crippen LogP contribution < -0.4 is 0 Å². The first-order chi connectivity index (χ1) is 57.1. The lowest BCUT2D eigenvalue weighted by Crippen LogP contribution is -2.30. The molecule has 0 saturated carbocycles. The van der Waals surface area contributed by atoms with Crippen molar-refractivity contribution >= 4 is 39.5 Å². The highest BCUT2D eigenvalue weighted by atomic mass is 31.2. The second kappa shape index (κ2) is 90.3. The number of hydrogen-bond donors (Lipinski definition) is 3. The first-order valence-corrected chi connectivity index (χ1v) is 53.7. The van der Waals surface area contributed by atoms with Crippen molar-refractivity contribution in [3.63, 3.8) is 0 Å². The topological polar surface area (TPSA) is 237 Å². The quantitative estimate of drug-likeness (QED) is 0.0222. The van der Waals surface area contributed by atoms with Gasteiger partial charge in [-0.3, -0.25) is 37.3 Å². The summed E-state index contributed by atoms with van der Waals surface area (Å²) in [5, 5.41) is 10.7. The smallest absolute Gasteiger partial charge is 0.462 e. The highest BCUT2D eigenvalue weighted by Crippen LogP contribution is 2.45. The third-order valence-corrected chi connectivity index (χ3v) is 25.5. The molecule has 0 aliphatic rings. The molecular formula is C98H192O17P2. The molecule has 0 spiro atoms. The van der Waals surface area contributed by atoms with Crippen molar-refractivity contribution in [1.82, 2.24) is 0 Å². The second-order valence-electron chi connectivity index (χ2n) is 35.4. The number of phosphoric acid groups is 2. The molecule has 0 aromatic heterocycles. The minimum Gasteiger partial charge on any atom is -0.462 e. The van der Waals surface area contributed by atoms with Crippen LogP contribution in [0.2, 0.25) is 0 Å². The van der Waals surface area contributed by atoms with Crippen LogP contribution in [0.3, 0.4) is 0 Å². The Morgan fingerprint density at radius 2 is 0.410 bits per heavy atom. The summed E-state index contributed by atoms with van der Waals surface area (Å²) in [6, 6.07) is 0. The molecule has 0 aliphatic heterocycles. The number of ether oxygens (including phenoxy) is 4. The first-order valence-electron chi connectivity index (χ1n) is 50.7. The molecule has 0 fully saturated rings. The lowest BCUT2D eigenvalue weighted by molar-refractivity contribution is -0.161. The van der Waals surface area contributed by atoms with Gasteiger partial charge in [-0.25, -0.2) is 9.13 Å². The van der Waals surface area contributed by atoms with E-state index in [1.807, 2.05) is 0 Å². The maximum atomic E-state index is 13.2. The Hall–Kier alpha value is -1.94. The van der Waals surface area contributed by atoms with Crippen molar-refractivity contribution in [1.29, 1.82) is 0 Å². The third-order valence-electron chi connectivity index (χ3n) is 23.6. The van der Waals surface area contributed by atoms with E-state index in [0.717, 1.165) is 95.8 Å². The highest BCUT2D eigenvalue weighted by Gasteiger charge is 2.31. The van der Waals surface area contributed by atoms with E-state index in [0.29, 0.717) is 25.7 Å². The molecule has 696 valence electrons. The van der Waals surface area contributed by atoms with Crippen LogP contribution in [0.1, 0.15) is 542 Å². The van der Waals surface area contributed by atoms with E-state index >= 15 is 0 Å². The van der Waals surface area contributed by atoms with E-state index in [-0.39, 0.29) is 25.7 Å². The van der Waals surface area contributed by atoms with Gasteiger partial charge in [-0.1, -0.05) is 490 Å². The van der Waals surface area contributed by atoms with E-state index in [9.17, 15) is 43.2 Å². The number of rotatable bonds is 98. The average Bonchev–Trinajstić information content (AvgIpc) is 0.903. The SMILES string of the molecule is CCCCCCCCCCCCCCCCCCCCCCCCC(=O)OC[C@H](COP(=O)(O)OC[C@@H](O)COP(=O)(O)OC[C@@H](COC(=O)CCCCCCCCCCCCC)OC(=O)CCCCCCCCCCCCCCCCCCCCCCCC)OC(=O)CCCCCCCCCCCCCCCCCCCCC(C)CC. The van der Waals surface area contributed by atoms with E-state index in [1.165, 1.54) is 366 Å². The van der Waals surface area contributed by atoms with Gasteiger partial charge in [0.2, 0.25) is 0 Å². The Bertz CT molecular complexity index is 2210. The Labute approximate surface area is 721 Å². The summed E-state index contributed by atoms with van der Waals surface area (Å²) in [5.74, 6) is -1.22. The lowest BCUT2D eigenvalue weighted by atomic mass is 9.99. The minimum atomic E-state index is -4.97. The molecule has 3 N–H and O–H groups in total. The molecule has 0 aliphatic carbocycles. The molecular weight excluding hydrogens is 1510 g/mol. The maximum absolute atomic E-state index is 13.2. The molecule has 3 unspecified atom stereocenters. The predicted octanol–water partition coefficient (Wildman–Crippen LogP) is 31.1. The predicted molar refractivity (Wildman–Crippen MR) is 488 cm³/mol. The van der Waals surface area contributed by atoms with Crippen molar-refractivity contribution in [3.05, 3.63) is 0 Å². The van der Waals surface area contributed by atoms with Gasteiger partial charge < -0.3 is 33.8 Å². The minimum absolute atomic E-state index is 0.110. The molecule has 117 heavy (non-hydrogen) atoms. The number of hydrogen-bond acceptors (Lipinski definition) is 15. The van der Waals surface area contributed by atoms with Gasteiger partial charge in [0.1, 0.15) is 19.3 Å². The average molecular weight is 1700 g/mol. The number of carbonyl (C=O) groups is 4. The van der Waals surface area contributed by atoms with Gasteiger partial charge in [-0.15, -0.1) is 0 Å². The molecule has 6 atom stereocenters. The second-order valence-corrected chi connectivity index (χ2v) is 38.3. The Kier molecular flexibility index (Phi) is 88.8. The largest absolute Gasteiger partial charge is 0.472 e. The van der Waals surface area contributed by atoms with Gasteiger partial charge in [-0.05, 0) is 31.6 Å². The number of carbonyl (C=O) groups excluding carboxylic acids is 4. The Morgan fingerprint density at radius 3 is 0.607 bits per heavy atom. The van der Waals surface area contributed by atoms with Gasteiger partial charge in [0, 0.05) is 25.7 Å². The van der Waals surface area contributed by atoms with Gasteiger partial charge in [0.15, 0.2) is 12.2 Å². The first kappa shape index (κ1) is 115. The zero-order chi connectivity index (χ0) is 85.4. The molecule has 19 heteroatoms. The van der Waals surface area contributed by atoms with E-state index < -0.39 is 97.5 Å². The van der Waals surface area contributed by atoms with Crippen LogP contribution in [0.15, 0.2) is 0 Å². The summed E-state index contributed by atoms with van der Waals surface area (Å²) >= 11 is 0. The van der Waals surface area contributed by atoms with Crippen molar-refractivity contribution in [3.8, 4) is 0 Å². The zero-order valence-corrected chi connectivity index (χ0v) is 79.2. The zero-order valence-electron chi connectivity index (χ0n) is 77.4. The van der Waals surface area contributed by atoms with Gasteiger partial charge >= 0.3 is 39.5 Å². The molecule has 0 heterocycles. The van der Waals surface area contributed by atoms with Gasteiger partial charge in [0.25, 0.3) is 0 Å². The fourth-order valence-corrected chi connectivity index (χ4v) is 17.1. The van der Waals surface area contributed by atoms with Crippen LogP contribution in [0.5, 0.6) is 0 Å². The molecule has 0 bridgehead atoms. The molecule has 0 rings (SSSR count). The van der Waals surface area contributed by atoms with E-state index in [2.05, 4.69) is 34.6 Å². The molecule has 0 saturated heterocycles. The summed E-state index contributed by atoms with van der Waals surface area (Å²) in [5.41, 5.74) is 0. The number of aliphatic hydroxyl groups excluding tert-OH is 1. The van der Waals surface area contributed by atoms with Crippen molar-refractivity contribution in [2.45, 2.75) is 560 Å². The number of unbranched alkanes of at least 4 members (excludes halogenated alkanes) is 69. The summed E-state index contributed by atoms with van der Waals surface area (Å²) in [6.45, 7) is 7.49. The molecule has 0 aromatic carbocycles. The van der Waals surface area contributed by atoms with Crippen molar-refractivity contribution < 1.29 is 80.2 Å². The van der Waals surface area contributed by atoms with Crippen LogP contribution in [-0.4, -0.2) is 96.7 Å². The maximum Gasteiger partial charge on any atom is 0.472 e. The molecule has 0 aromatic rings. The van der Waals surface area contributed by atoms with Crippen LogP contribution in [0.25, 0.3) is 0 Å². The van der Waals surface area contributed by atoms with Crippen molar-refractivity contribution in [2.24, 2.45) is 5.92 Å². The van der Waals surface area contributed by atoms with Crippen LogP contribution in [0, 0.1) is 5.92 Å². The summed E-state index contributed by atoms with van der Waals surface area (Å²) in [7, 11) is -9.94.